The van der Waals surface area contributed by atoms with Crippen molar-refractivity contribution in [3.8, 4) is 11.4 Å². The number of hydrogen-bond acceptors (Lipinski definition) is 5. The van der Waals surface area contributed by atoms with Gasteiger partial charge in [0, 0.05) is 25.2 Å². The van der Waals surface area contributed by atoms with E-state index in [0.717, 1.165) is 0 Å². The number of carbonyl (C=O) groups excluding carboxylic acids is 1. The molecule has 1 unspecified atom stereocenters. The van der Waals surface area contributed by atoms with Crippen LogP contribution in [0.3, 0.4) is 0 Å². The molecule has 0 aliphatic carbocycles. The highest BCUT2D eigenvalue weighted by Crippen LogP contribution is 2.30. The van der Waals surface area contributed by atoms with E-state index in [1.165, 1.54) is 0 Å². The molecule has 1 atom stereocenters. The number of amides is 1. The molecule has 1 aliphatic heterocycles. The van der Waals surface area contributed by atoms with Crippen LogP contribution in [0.5, 0.6) is 0 Å². The molecule has 0 saturated carbocycles. The van der Waals surface area contributed by atoms with Crippen LogP contribution in [0.15, 0.2) is 16.7 Å². The van der Waals surface area contributed by atoms with Crippen LogP contribution in [0.2, 0.25) is 0 Å². The zero-order valence-corrected chi connectivity index (χ0v) is 15.3. The first-order chi connectivity index (χ1) is 12.6. The summed E-state index contributed by atoms with van der Waals surface area (Å²) in [5.41, 5.74) is -1.16. The summed E-state index contributed by atoms with van der Waals surface area (Å²) < 4.78 is 51.4. The normalized spacial score (nSPS) is 17.9. The minimum Gasteiger partial charge on any atom is -0.444 e. The van der Waals surface area contributed by atoms with Crippen LogP contribution in [0.4, 0.5) is 18.0 Å². The first-order valence-corrected chi connectivity index (χ1v) is 8.60. The molecular formula is C18H20F3N3O3. The van der Waals surface area contributed by atoms with E-state index >= 15 is 0 Å². The summed E-state index contributed by atoms with van der Waals surface area (Å²) in [7, 11) is 0. The van der Waals surface area contributed by atoms with Crippen molar-refractivity contribution < 1.29 is 27.2 Å². The van der Waals surface area contributed by atoms with Gasteiger partial charge in [-0.15, -0.1) is 0 Å². The van der Waals surface area contributed by atoms with Crippen molar-refractivity contribution in [1.82, 2.24) is 15.0 Å². The van der Waals surface area contributed by atoms with E-state index in [9.17, 15) is 18.0 Å². The number of halogens is 3. The lowest BCUT2D eigenvalue weighted by Gasteiger charge is -2.32. The first-order valence-electron chi connectivity index (χ1n) is 8.60. The molecule has 27 heavy (non-hydrogen) atoms. The van der Waals surface area contributed by atoms with Crippen molar-refractivity contribution in [2.75, 3.05) is 13.1 Å². The van der Waals surface area contributed by atoms with Gasteiger partial charge < -0.3 is 14.2 Å². The van der Waals surface area contributed by atoms with E-state index in [1.54, 1.807) is 25.7 Å². The average molecular weight is 383 g/mol. The first kappa shape index (κ1) is 19.2. The molecule has 6 nitrogen and oxygen atoms in total. The second-order valence-corrected chi connectivity index (χ2v) is 7.47. The van der Waals surface area contributed by atoms with Crippen molar-refractivity contribution in [2.24, 2.45) is 0 Å². The van der Waals surface area contributed by atoms with E-state index in [0.29, 0.717) is 38.1 Å². The fraction of sp³-hybridized carbons (Fsp3) is 0.500. The average Bonchev–Trinajstić information content (AvgIpc) is 3.02. The molecule has 1 saturated heterocycles. The molecule has 1 fully saturated rings. The van der Waals surface area contributed by atoms with Crippen molar-refractivity contribution in [1.29, 1.82) is 0 Å². The number of piperidine rings is 1. The smallest absolute Gasteiger partial charge is 0.410 e. The van der Waals surface area contributed by atoms with E-state index in [1.807, 2.05) is 0 Å². The topological polar surface area (TPSA) is 68.5 Å². The number of ether oxygens (including phenoxy) is 1. The van der Waals surface area contributed by atoms with Crippen molar-refractivity contribution in [3.63, 3.8) is 0 Å². The Morgan fingerprint density at radius 3 is 2.56 bits per heavy atom. The molecule has 0 radical (unpaired) electrons. The zero-order chi connectivity index (χ0) is 19.8. The van der Waals surface area contributed by atoms with Gasteiger partial charge in [0.25, 0.3) is 0 Å². The zero-order valence-electron chi connectivity index (χ0n) is 15.3. The summed E-state index contributed by atoms with van der Waals surface area (Å²) >= 11 is 0. The summed E-state index contributed by atoms with van der Waals surface area (Å²) in [4.78, 5) is 17.8. The van der Waals surface area contributed by atoms with Crippen LogP contribution in [0.1, 0.15) is 45.4 Å². The van der Waals surface area contributed by atoms with Crippen molar-refractivity contribution in [2.45, 2.75) is 45.1 Å². The summed E-state index contributed by atoms with van der Waals surface area (Å²) in [5.74, 6) is -3.66. The molecule has 0 spiro atoms. The minimum absolute atomic E-state index is 0.168. The molecular weight excluding hydrogens is 363 g/mol. The molecule has 146 valence electrons. The Labute approximate surface area is 154 Å². The molecule has 1 aliphatic rings. The minimum atomic E-state index is -1.11. The maximum atomic E-state index is 13.9. The summed E-state index contributed by atoms with van der Waals surface area (Å²) in [6.07, 6.45) is 0.929. The third-order valence-corrected chi connectivity index (χ3v) is 4.09. The van der Waals surface area contributed by atoms with Gasteiger partial charge in [0.05, 0.1) is 11.5 Å². The Hall–Kier alpha value is -2.58. The molecule has 9 heteroatoms. The monoisotopic (exact) mass is 383 g/mol. The highest BCUT2D eigenvalue weighted by molar-refractivity contribution is 5.68. The van der Waals surface area contributed by atoms with E-state index in [4.69, 9.17) is 9.26 Å². The Bertz CT molecular complexity index is 825. The SMILES string of the molecule is CC(C)(C)OC(=O)N1CCCC(c2nc(-c3c(F)cc(F)cc3F)no2)C1. The number of hydrogen-bond donors (Lipinski definition) is 0. The Balaban J connectivity index is 1.78. The predicted octanol–water partition coefficient (Wildman–Crippen LogP) is 4.27. The largest absolute Gasteiger partial charge is 0.444 e. The molecule has 2 heterocycles. The van der Waals surface area contributed by atoms with E-state index in [-0.39, 0.29) is 17.6 Å². The third-order valence-electron chi connectivity index (χ3n) is 4.09. The van der Waals surface area contributed by atoms with E-state index in [2.05, 4.69) is 10.1 Å². The van der Waals surface area contributed by atoms with Gasteiger partial charge in [0.1, 0.15) is 23.1 Å². The van der Waals surface area contributed by atoms with Crippen LogP contribution in [0.25, 0.3) is 11.4 Å². The van der Waals surface area contributed by atoms with Gasteiger partial charge in [-0.1, -0.05) is 5.16 Å². The fourth-order valence-electron chi connectivity index (χ4n) is 2.93. The van der Waals surface area contributed by atoms with Gasteiger partial charge in [0.2, 0.25) is 11.7 Å². The molecule has 1 aromatic heterocycles. The molecule has 0 N–H and O–H groups in total. The molecule has 1 aromatic carbocycles. The standard InChI is InChI=1S/C18H20F3N3O3/c1-18(2,3)26-17(25)24-6-4-5-10(9-24)16-22-15(23-27-16)14-12(20)7-11(19)8-13(14)21/h7-8,10H,4-6,9H2,1-3H3. The predicted molar refractivity (Wildman–Crippen MR) is 89.4 cm³/mol. The van der Waals surface area contributed by atoms with Crippen LogP contribution >= 0.6 is 0 Å². The fourth-order valence-corrected chi connectivity index (χ4v) is 2.93. The van der Waals surface area contributed by atoms with Gasteiger partial charge in [0.15, 0.2) is 0 Å². The second kappa shape index (κ2) is 7.21. The quantitative estimate of drug-likeness (QED) is 0.775. The maximum Gasteiger partial charge on any atom is 0.410 e. The molecule has 3 rings (SSSR count). The Morgan fingerprint density at radius 2 is 1.93 bits per heavy atom. The molecule has 2 aromatic rings. The summed E-state index contributed by atoms with van der Waals surface area (Å²) in [5, 5.41) is 3.62. The van der Waals surface area contributed by atoms with Crippen molar-refractivity contribution >= 4 is 6.09 Å². The van der Waals surface area contributed by atoms with Crippen LogP contribution in [-0.4, -0.2) is 39.8 Å². The number of carbonyl (C=O) groups is 1. The molecule has 1 amide bonds. The number of rotatable bonds is 2. The van der Waals surface area contributed by atoms with Gasteiger partial charge in [-0.05, 0) is 33.6 Å². The summed E-state index contributed by atoms with van der Waals surface area (Å²) in [6.45, 7) is 6.17. The van der Waals surface area contributed by atoms with Crippen molar-refractivity contribution in [3.05, 3.63) is 35.5 Å². The third kappa shape index (κ3) is 4.40. The summed E-state index contributed by atoms with van der Waals surface area (Å²) in [6, 6.07) is 1.11. The Morgan fingerprint density at radius 1 is 1.26 bits per heavy atom. The van der Waals surface area contributed by atoms with Crippen LogP contribution in [-0.2, 0) is 4.74 Å². The lowest BCUT2D eigenvalue weighted by molar-refractivity contribution is 0.0189. The highest BCUT2D eigenvalue weighted by Gasteiger charge is 2.31. The highest BCUT2D eigenvalue weighted by atomic mass is 19.1. The lowest BCUT2D eigenvalue weighted by atomic mass is 9.98. The molecule has 0 bridgehead atoms. The van der Waals surface area contributed by atoms with Gasteiger partial charge in [-0.2, -0.15) is 4.98 Å². The second-order valence-electron chi connectivity index (χ2n) is 7.47. The number of aromatic nitrogens is 2. The van der Waals surface area contributed by atoms with E-state index < -0.39 is 34.7 Å². The number of benzene rings is 1. The number of nitrogens with zero attached hydrogens (tertiary/aromatic N) is 3. The maximum absolute atomic E-state index is 13.9. The van der Waals surface area contributed by atoms with Crippen LogP contribution in [0, 0.1) is 17.5 Å². The lowest BCUT2D eigenvalue weighted by Crippen LogP contribution is -2.42. The van der Waals surface area contributed by atoms with Gasteiger partial charge in [-0.25, -0.2) is 18.0 Å². The number of likely N-dealkylation sites (tertiary alicyclic amines) is 1. The van der Waals surface area contributed by atoms with Gasteiger partial charge in [-0.3, -0.25) is 0 Å². The Kier molecular flexibility index (Phi) is 5.12. The van der Waals surface area contributed by atoms with Gasteiger partial charge >= 0.3 is 6.09 Å². The van der Waals surface area contributed by atoms with Crippen LogP contribution < -0.4 is 0 Å².